The first kappa shape index (κ1) is 38.5. The number of benzene rings is 11. The maximum atomic E-state index is 6.23. The third-order valence-corrected chi connectivity index (χ3v) is 13.4. The lowest BCUT2D eigenvalue weighted by Gasteiger charge is -2.26. The van der Waals surface area contributed by atoms with Gasteiger partial charge in [-0.25, -0.2) is 0 Å². The molecule has 13 rings (SSSR count). The van der Waals surface area contributed by atoms with Crippen LogP contribution in [0.25, 0.3) is 105 Å². The molecule has 0 amide bonds. The summed E-state index contributed by atoms with van der Waals surface area (Å²) in [6, 6.07) is 91.9. The van der Waals surface area contributed by atoms with Gasteiger partial charge >= 0.3 is 0 Å². The van der Waals surface area contributed by atoms with Crippen molar-refractivity contribution in [3.05, 3.63) is 255 Å². The van der Waals surface area contributed by atoms with Crippen LogP contribution >= 0.6 is 0 Å². The summed E-state index contributed by atoms with van der Waals surface area (Å²) >= 11 is 0. The number of hydrogen-bond donors (Lipinski definition) is 0. The molecule has 0 unspecified atom stereocenters. The minimum atomic E-state index is 0.905. The lowest BCUT2D eigenvalue weighted by Crippen LogP contribution is -2.09. The molecule has 314 valence electrons. The van der Waals surface area contributed by atoms with Crippen molar-refractivity contribution >= 4 is 71.6 Å². The zero-order valence-electron chi connectivity index (χ0n) is 36.6. The van der Waals surface area contributed by atoms with Crippen LogP contribution in [0.15, 0.2) is 259 Å². The van der Waals surface area contributed by atoms with Gasteiger partial charge in [0.1, 0.15) is 11.2 Å². The van der Waals surface area contributed by atoms with Crippen molar-refractivity contribution in [1.82, 2.24) is 4.57 Å². The number of rotatable bonds is 8. The van der Waals surface area contributed by atoms with Crippen LogP contribution in [-0.2, 0) is 0 Å². The van der Waals surface area contributed by atoms with Crippen LogP contribution in [-0.4, -0.2) is 4.57 Å². The van der Waals surface area contributed by atoms with Gasteiger partial charge in [0.25, 0.3) is 0 Å². The summed E-state index contributed by atoms with van der Waals surface area (Å²) in [5.41, 5.74) is 18.1. The molecule has 0 bridgehead atoms. The third-order valence-electron chi connectivity index (χ3n) is 13.4. The molecule has 3 heteroatoms. The van der Waals surface area contributed by atoms with Crippen molar-refractivity contribution < 1.29 is 4.42 Å². The van der Waals surface area contributed by atoms with Crippen LogP contribution in [0.2, 0.25) is 0 Å². The summed E-state index contributed by atoms with van der Waals surface area (Å²) in [5, 5.41) is 7.26. The number of fused-ring (bicyclic) bond motifs is 7. The van der Waals surface area contributed by atoms with E-state index in [0.717, 1.165) is 61.4 Å². The predicted octanol–water partition coefficient (Wildman–Crippen LogP) is 18.0. The highest BCUT2D eigenvalue weighted by molar-refractivity contribution is 6.12. The van der Waals surface area contributed by atoms with Crippen molar-refractivity contribution in [3.8, 4) is 50.2 Å². The summed E-state index contributed by atoms with van der Waals surface area (Å²) in [6.07, 6.45) is 0. The lowest BCUT2D eigenvalue weighted by atomic mass is 9.96. The fourth-order valence-electron chi connectivity index (χ4n) is 10.1. The second-order valence-corrected chi connectivity index (χ2v) is 17.3. The van der Waals surface area contributed by atoms with Crippen molar-refractivity contribution in [3.63, 3.8) is 0 Å². The Bertz CT molecular complexity index is 3900. The van der Waals surface area contributed by atoms with Crippen LogP contribution in [0.1, 0.15) is 0 Å². The molecule has 0 saturated carbocycles. The Morgan fingerprint density at radius 2 is 0.776 bits per heavy atom. The Labute approximate surface area is 388 Å². The second-order valence-electron chi connectivity index (χ2n) is 17.3. The molecule has 0 aliphatic carbocycles. The maximum Gasteiger partial charge on any atom is 0.136 e. The Morgan fingerprint density at radius 3 is 1.43 bits per heavy atom. The fourth-order valence-corrected chi connectivity index (χ4v) is 10.1. The molecule has 2 aromatic heterocycles. The smallest absolute Gasteiger partial charge is 0.136 e. The van der Waals surface area contributed by atoms with Crippen molar-refractivity contribution in [1.29, 1.82) is 0 Å². The quantitative estimate of drug-likeness (QED) is 0.152. The van der Waals surface area contributed by atoms with Gasteiger partial charge in [0, 0.05) is 44.3 Å². The number of anilines is 3. The van der Waals surface area contributed by atoms with E-state index in [9.17, 15) is 0 Å². The largest absolute Gasteiger partial charge is 0.456 e. The van der Waals surface area contributed by atoms with Crippen LogP contribution < -0.4 is 4.90 Å². The highest BCUT2D eigenvalue weighted by atomic mass is 16.3. The van der Waals surface area contributed by atoms with Gasteiger partial charge in [-0.05, 0) is 134 Å². The average Bonchev–Trinajstić information content (AvgIpc) is 3.96. The number of furan rings is 1. The van der Waals surface area contributed by atoms with Gasteiger partial charge in [-0.2, -0.15) is 0 Å². The van der Waals surface area contributed by atoms with E-state index in [2.05, 4.69) is 252 Å². The van der Waals surface area contributed by atoms with Gasteiger partial charge in [-0.15, -0.1) is 0 Å². The van der Waals surface area contributed by atoms with Gasteiger partial charge < -0.3 is 13.9 Å². The van der Waals surface area contributed by atoms with E-state index in [-0.39, 0.29) is 0 Å². The van der Waals surface area contributed by atoms with E-state index in [0.29, 0.717) is 0 Å². The van der Waals surface area contributed by atoms with Crippen molar-refractivity contribution in [2.24, 2.45) is 0 Å². The average molecular weight is 855 g/mol. The minimum Gasteiger partial charge on any atom is -0.456 e. The van der Waals surface area contributed by atoms with Gasteiger partial charge in [0.2, 0.25) is 0 Å². The van der Waals surface area contributed by atoms with Gasteiger partial charge in [-0.1, -0.05) is 176 Å². The molecule has 67 heavy (non-hydrogen) atoms. The van der Waals surface area contributed by atoms with E-state index in [1.54, 1.807) is 0 Å². The molecule has 0 aliphatic rings. The minimum absolute atomic E-state index is 0.905. The molecule has 0 fully saturated rings. The van der Waals surface area contributed by atoms with Crippen LogP contribution in [0.3, 0.4) is 0 Å². The molecule has 13 aromatic rings. The third kappa shape index (κ3) is 6.76. The Hall–Kier alpha value is -8.92. The van der Waals surface area contributed by atoms with Crippen LogP contribution in [0, 0.1) is 0 Å². The number of hydrogen-bond acceptors (Lipinski definition) is 2. The van der Waals surface area contributed by atoms with E-state index in [1.807, 2.05) is 12.1 Å². The zero-order valence-corrected chi connectivity index (χ0v) is 36.6. The number of aromatic nitrogens is 1. The highest BCUT2D eigenvalue weighted by Crippen LogP contribution is 2.41. The fraction of sp³-hybridized carbons (Fsp3) is 0. The monoisotopic (exact) mass is 854 g/mol. The normalized spacial score (nSPS) is 11.6. The Morgan fingerprint density at radius 1 is 0.299 bits per heavy atom. The molecular formula is C64H42N2O. The van der Waals surface area contributed by atoms with Gasteiger partial charge in [-0.3, -0.25) is 0 Å². The van der Waals surface area contributed by atoms with E-state index < -0.39 is 0 Å². The first-order valence-electron chi connectivity index (χ1n) is 22.9. The first-order chi connectivity index (χ1) is 33.2. The molecule has 3 nitrogen and oxygen atoms in total. The Kier molecular flexibility index (Phi) is 9.17. The van der Waals surface area contributed by atoms with Crippen molar-refractivity contribution in [2.75, 3.05) is 4.90 Å². The van der Waals surface area contributed by atoms with Crippen LogP contribution in [0.5, 0.6) is 0 Å². The molecule has 0 N–H and O–H groups in total. The molecule has 0 radical (unpaired) electrons. The molecule has 2 heterocycles. The molecule has 11 aromatic carbocycles. The van der Waals surface area contributed by atoms with Gasteiger partial charge in [0.15, 0.2) is 0 Å². The summed E-state index contributed by atoms with van der Waals surface area (Å²) in [6.45, 7) is 0. The van der Waals surface area contributed by atoms with Crippen molar-refractivity contribution in [2.45, 2.75) is 0 Å². The lowest BCUT2D eigenvalue weighted by molar-refractivity contribution is 0.669. The maximum absolute atomic E-state index is 6.23. The second kappa shape index (κ2) is 16.0. The molecule has 0 spiro atoms. The SMILES string of the molecule is c1cc(-c2ccc(N(c3ccc(-c4ccc(-c5ccc(-n6c7ccccc7c7ccccc76)cc5)cc4)cc3)c3ccc4ccccc4c3)cc2)cc(-c2cccc3oc4ccccc4c23)c1. The summed E-state index contributed by atoms with van der Waals surface area (Å²) in [7, 11) is 0. The van der Waals surface area contributed by atoms with E-state index in [4.69, 9.17) is 4.42 Å². The zero-order chi connectivity index (χ0) is 44.3. The topological polar surface area (TPSA) is 21.3 Å². The highest BCUT2D eigenvalue weighted by Gasteiger charge is 2.17. The number of para-hydroxylation sites is 3. The summed E-state index contributed by atoms with van der Waals surface area (Å²) in [5.74, 6) is 0. The summed E-state index contributed by atoms with van der Waals surface area (Å²) in [4.78, 5) is 2.35. The van der Waals surface area contributed by atoms with E-state index >= 15 is 0 Å². The first-order valence-corrected chi connectivity index (χ1v) is 22.9. The molecule has 0 saturated heterocycles. The van der Waals surface area contributed by atoms with Gasteiger partial charge in [0.05, 0.1) is 11.0 Å². The molecule has 0 atom stereocenters. The molecule has 0 aliphatic heterocycles. The Balaban J connectivity index is 0.795. The predicted molar refractivity (Wildman–Crippen MR) is 282 cm³/mol. The number of nitrogens with zero attached hydrogens (tertiary/aromatic N) is 2. The van der Waals surface area contributed by atoms with E-state index in [1.165, 1.54) is 60.4 Å². The molecular weight excluding hydrogens is 813 g/mol. The standard InChI is InChI=1S/C64H42N2O/c1-2-12-50-42-55(40-33-43(50)11-1)65(53-36-31-48(32-37-53)49-13-9-14-51(41-49)56-18-10-22-63-64(56)59-17-5-8-21-62(59)67-63)52-34-27-46(28-35-52)44-23-25-45(26-24-44)47-29-38-54(39-30-47)66-60-19-6-3-15-57(60)58-16-4-7-20-61(58)66/h1-42H. The van der Waals surface area contributed by atoms with Crippen LogP contribution in [0.4, 0.5) is 17.1 Å². The summed E-state index contributed by atoms with van der Waals surface area (Å²) < 4.78 is 8.60.